The van der Waals surface area contributed by atoms with E-state index in [1.165, 1.54) is 11.1 Å². The zero-order valence-corrected chi connectivity index (χ0v) is 11.4. The average Bonchev–Trinajstić information content (AvgIpc) is 2.46. The zero-order valence-electron chi connectivity index (χ0n) is 11.4. The van der Waals surface area contributed by atoms with Crippen LogP contribution < -0.4 is 10.5 Å². The third-order valence-corrected chi connectivity index (χ3v) is 3.26. The molecular weight excluding hydrogens is 234 g/mol. The second-order valence-electron chi connectivity index (χ2n) is 4.81. The average molecular weight is 255 g/mol. The normalized spacial score (nSPS) is 12.1. The van der Waals surface area contributed by atoms with E-state index in [0.717, 1.165) is 12.2 Å². The molecule has 2 rings (SSSR count). The first kappa shape index (κ1) is 13.6. The van der Waals surface area contributed by atoms with E-state index in [0.29, 0.717) is 19.1 Å². The Hall–Kier alpha value is -1.80. The number of hydrogen-bond acceptors (Lipinski definition) is 2. The molecule has 0 aromatic heterocycles. The molecule has 0 radical (unpaired) electrons. The van der Waals surface area contributed by atoms with Gasteiger partial charge in [-0.3, -0.25) is 0 Å². The third kappa shape index (κ3) is 4.11. The van der Waals surface area contributed by atoms with Crippen molar-refractivity contribution in [3.8, 4) is 5.75 Å². The van der Waals surface area contributed by atoms with E-state index in [2.05, 4.69) is 31.2 Å². The molecule has 2 heteroatoms. The summed E-state index contributed by atoms with van der Waals surface area (Å²) >= 11 is 0. The van der Waals surface area contributed by atoms with Crippen molar-refractivity contribution in [1.82, 2.24) is 0 Å². The molecule has 0 aliphatic carbocycles. The number of rotatable bonds is 6. The molecule has 1 atom stereocenters. The van der Waals surface area contributed by atoms with E-state index < -0.39 is 0 Å². The fraction of sp³-hybridized carbons (Fsp3) is 0.294. The second kappa shape index (κ2) is 6.95. The number of benzene rings is 2. The summed E-state index contributed by atoms with van der Waals surface area (Å²) in [5, 5.41) is 0. The largest absolute Gasteiger partial charge is 0.493 e. The van der Waals surface area contributed by atoms with Crippen LogP contribution in [0.25, 0.3) is 0 Å². The molecule has 1 unspecified atom stereocenters. The molecule has 0 fully saturated rings. The van der Waals surface area contributed by atoms with Crippen LogP contribution in [0.4, 0.5) is 0 Å². The summed E-state index contributed by atoms with van der Waals surface area (Å²) in [6.45, 7) is 3.45. The topological polar surface area (TPSA) is 35.2 Å². The molecule has 2 aromatic rings. The Labute approximate surface area is 115 Å². The van der Waals surface area contributed by atoms with E-state index in [9.17, 15) is 0 Å². The highest BCUT2D eigenvalue weighted by Crippen LogP contribution is 2.21. The third-order valence-electron chi connectivity index (χ3n) is 3.26. The van der Waals surface area contributed by atoms with Gasteiger partial charge in [-0.05, 0) is 37.6 Å². The molecule has 0 bridgehead atoms. The number of ether oxygens (including phenoxy) is 1. The van der Waals surface area contributed by atoms with E-state index >= 15 is 0 Å². The molecule has 0 aliphatic heterocycles. The maximum atomic E-state index is 5.85. The smallest absolute Gasteiger partial charge is 0.119 e. The monoisotopic (exact) mass is 255 g/mol. The summed E-state index contributed by atoms with van der Waals surface area (Å²) in [6, 6.07) is 18.5. The summed E-state index contributed by atoms with van der Waals surface area (Å²) in [5.74, 6) is 1.27. The van der Waals surface area contributed by atoms with Gasteiger partial charge in [0.15, 0.2) is 0 Å². The van der Waals surface area contributed by atoms with Gasteiger partial charge in [0.05, 0.1) is 6.61 Å². The molecule has 0 heterocycles. The van der Waals surface area contributed by atoms with Crippen molar-refractivity contribution in [2.45, 2.75) is 19.3 Å². The number of aryl methyl sites for hydroxylation is 1. The lowest BCUT2D eigenvalue weighted by molar-refractivity contribution is 0.283. The predicted molar refractivity (Wildman–Crippen MR) is 79.5 cm³/mol. The first-order valence-electron chi connectivity index (χ1n) is 6.74. The standard InChI is InChI=1S/C17H21NO/c1-14-7-9-15(10-8-14)16(11-12-18)13-19-17-5-3-2-4-6-17/h2-10,16H,11-13,18H2,1H3. The summed E-state index contributed by atoms with van der Waals surface area (Å²) in [7, 11) is 0. The van der Waals surface area contributed by atoms with Gasteiger partial charge in [-0.15, -0.1) is 0 Å². The van der Waals surface area contributed by atoms with Crippen LogP contribution in [-0.2, 0) is 0 Å². The van der Waals surface area contributed by atoms with Crippen molar-refractivity contribution in [3.63, 3.8) is 0 Å². The first-order chi connectivity index (χ1) is 9.29. The van der Waals surface area contributed by atoms with Gasteiger partial charge in [0.25, 0.3) is 0 Å². The van der Waals surface area contributed by atoms with Crippen LogP contribution >= 0.6 is 0 Å². The molecule has 2 N–H and O–H groups in total. The number of nitrogens with two attached hydrogens (primary N) is 1. The van der Waals surface area contributed by atoms with Crippen LogP contribution in [0, 0.1) is 6.92 Å². The van der Waals surface area contributed by atoms with E-state index in [1.54, 1.807) is 0 Å². The minimum Gasteiger partial charge on any atom is -0.493 e. The highest BCUT2D eigenvalue weighted by atomic mass is 16.5. The van der Waals surface area contributed by atoms with Crippen LogP contribution in [0.15, 0.2) is 54.6 Å². The molecule has 0 aliphatic rings. The van der Waals surface area contributed by atoms with Crippen molar-refractivity contribution < 1.29 is 4.74 Å². The lowest BCUT2D eigenvalue weighted by Crippen LogP contribution is -2.15. The maximum absolute atomic E-state index is 5.85. The highest BCUT2D eigenvalue weighted by Gasteiger charge is 2.11. The second-order valence-corrected chi connectivity index (χ2v) is 4.81. The van der Waals surface area contributed by atoms with Crippen molar-refractivity contribution in [2.24, 2.45) is 5.73 Å². The maximum Gasteiger partial charge on any atom is 0.119 e. The summed E-state index contributed by atoms with van der Waals surface area (Å²) in [6.07, 6.45) is 0.940. The number of para-hydroxylation sites is 1. The van der Waals surface area contributed by atoms with Crippen molar-refractivity contribution >= 4 is 0 Å². The highest BCUT2D eigenvalue weighted by molar-refractivity contribution is 5.25. The van der Waals surface area contributed by atoms with Crippen molar-refractivity contribution in [3.05, 3.63) is 65.7 Å². The summed E-state index contributed by atoms with van der Waals surface area (Å²) in [5.41, 5.74) is 8.29. The lowest BCUT2D eigenvalue weighted by atomic mass is 9.96. The van der Waals surface area contributed by atoms with Gasteiger partial charge in [0.2, 0.25) is 0 Å². The zero-order chi connectivity index (χ0) is 13.5. The van der Waals surface area contributed by atoms with E-state index in [1.807, 2.05) is 30.3 Å². The SMILES string of the molecule is Cc1ccc(C(CCN)COc2ccccc2)cc1. The Balaban J connectivity index is 2.02. The van der Waals surface area contributed by atoms with Crippen LogP contribution in [0.5, 0.6) is 5.75 Å². The van der Waals surface area contributed by atoms with Gasteiger partial charge in [0, 0.05) is 5.92 Å². The summed E-state index contributed by atoms with van der Waals surface area (Å²) < 4.78 is 5.85. The summed E-state index contributed by atoms with van der Waals surface area (Å²) in [4.78, 5) is 0. The Bertz CT molecular complexity index is 478. The van der Waals surface area contributed by atoms with Crippen LogP contribution in [-0.4, -0.2) is 13.2 Å². The van der Waals surface area contributed by atoms with Crippen LogP contribution in [0.3, 0.4) is 0 Å². The number of hydrogen-bond donors (Lipinski definition) is 1. The fourth-order valence-electron chi connectivity index (χ4n) is 2.10. The van der Waals surface area contributed by atoms with E-state index in [-0.39, 0.29) is 0 Å². The van der Waals surface area contributed by atoms with Crippen LogP contribution in [0.1, 0.15) is 23.5 Å². The van der Waals surface area contributed by atoms with Gasteiger partial charge >= 0.3 is 0 Å². The molecule has 2 nitrogen and oxygen atoms in total. The fourth-order valence-corrected chi connectivity index (χ4v) is 2.10. The minimum atomic E-state index is 0.353. The van der Waals surface area contributed by atoms with Gasteiger partial charge in [-0.2, -0.15) is 0 Å². The Morgan fingerprint density at radius 2 is 1.68 bits per heavy atom. The lowest BCUT2D eigenvalue weighted by Gasteiger charge is -2.17. The molecule has 0 saturated carbocycles. The first-order valence-corrected chi connectivity index (χ1v) is 6.74. The molecule has 19 heavy (non-hydrogen) atoms. The van der Waals surface area contributed by atoms with E-state index in [4.69, 9.17) is 10.5 Å². The molecule has 100 valence electrons. The van der Waals surface area contributed by atoms with Crippen molar-refractivity contribution in [2.75, 3.05) is 13.2 Å². The molecular formula is C17H21NO. The molecule has 0 amide bonds. The quantitative estimate of drug-likeness (QED) is 0.857. The Kier molecular flexibility index (Phi) is 4.99. The van der Waals surface area contributed by atoms with Gasteiger partial charge in [-0.1, -0.05) is 48.0 Å². The molecule has 0 saturated heterocycles. The van der Waals surface area contributed by atoms with Gasteiger partial charge in [0.1, 0.15) is 5.75 Å². The van der Waals surface area contributed by atoms with Gasteiger partial charge < -0.3 is 10.5 Å². The predicted octanol–water partition coefficient (Wildman–Crippen LogP) is 3.51. The van der Waals surface area contributed by atoms with Gasteiger partial charge in [-0.25, -0.2) is 0 Å². The minimum absolute atomic E-state index is 0.353. The Morgan fingerprint density at radius 3 is 2.32 bits per heavy atom. The Morgan fingerprint density at radius 1 is 1.00 bits per heavy atom. The molecule has 2 aromatic carbocycles. The molecule has 0 spiro atoms. The van der Waals surface area contributed by atoms with Crippen LogP contribution in [0.2, 0.25) is 0 Å². The van der Waals surface area contributed by atoms with Crippen molar-refractivity contribution in [1.29, 1.82) is 0 Å².